The first-order valence-electron chi connectivity index (χ1n) is 8.75. The minimum atomic E-state index is -0.0993. The molecule has 2 nitrogen and oxygen atoms in total. The molecule has 0 aromatic heterocycles. The number of hydrogen-bond acceptors (Lipinski definition) is 2. The second kappa shape index (κ2) is 16.7. The van der Waals surface area contributed by atoms with Crippen LogP contribution >= 0.6 is 0 Å². The van der Waals surface area contributed by atoms with Crippen molar-refractivity contribution in [3.63, 3.8) is 0 Å². The molecular formula is C18H36O2. The first-order chi connectivity index (χ1) is 9.81. The third-order valence-corrected chi connectivity index (χ3v) is 3.75. The van der Waals surface area contributed by atoms with E-state index in [-0.39, 0.29) is 6.10 Å². The van der Waals surface area contributed by atoms with Gasteiger partial charge in [-0.1, -0.05) is 64.0 Å². The molecule has 0 bridgehead atoms. The van der Waals surface area contributed by atoms with E-state index in [1.54, 1.807) is 0 Å². The van der Waals surface area contributed by atoms with Gasteiger partial charge in [-0.3, -0.25) is 0 Å². The van der Waals surface area contributed by atoms with Gasteiger partial charge in [0, 0.05) is 6.61 Å². The Morgan fingerprint density at radius 1 is 0.750 bits per heavy atom. The van der Waals surface area contributed by atoms with Crippen molar-refractivity contribution >= 4 is 0 Å². The molecule has 20 heavy (non-hydrogen) atoms. The Bertz CT molecular complexity index is 202. The van der Waals surface area contributed by atoms with E-state index in [0.29, 0.717) is 6.61 Å². The molecule has 0 amide bonds. The Morgan fingerprint density at radius 2 is 1.40 bits per heavy atom. The van der Waals surface area contributed by atoms with Crippen molar-refractivity contribution < 1.29 is 10.2 Å². The minimum absolute atomic E-state index is 0.0993. The largest absolute Gasteiger partial charge is 0.396 e. The van der Waals surface area contributed by atoms with Crippen molar-refractivity contribution in [3.05, 3.63) is 12.2 Å². The third kappa shape index (κ3) is 15.7. The Labute approximate surface area is 126 Å². The molecule has 2 heteroatoms. The molecule has 0 aromatic rings. The van der Waals surface area contributed by atoms with E-state index in [0.717, 1.165) is 32.1 Å². The van der Waals surface area contributed by atoms with Crippen LogP contribution in [0.3, 0.4) is 0 Å². The number of aliphatic hydroxyl groups is 2. The standard InChI is InChI=1S/C18H36O2/c1-2-3-12-15-18(20)16-13-10-8-6-4-5-7-9-11-14-17-19/h8,10,18-20H,2-7,9,11-17H2,1H3/b10-8-. The number of aliphatic hydroxyl groups excluding tert-OH is 2. The van der Waals surface area contributed by atoms with Crippen LogP contribution < -0.4 is 0 Å². The van der Waals surface area contributed by atoms with Gasteiger partial charge in [0.2, 0.25) is 0 Å². The molecule has 0 aliphatic rings. The summed E-state index contributed by atoms with van der Waals surface area (Å²) in [6, 6.07) is 0. The van der Waals surface area contributed by atoms with Crippen molar-refractivity contribution in [1.82, 2.24) is 0 Å². The lowest BCUT2D eigenvalue weighted by atomic mass is 10.1. The molecule has 0 spiro atoms. The predicted molar refractivity (Wildman–Crippen MR) is 87.9 cm³/mol. The summed E-state index contributed by atoms with van der Waals surface area (Å²) >= 11 is 0. The fraction of sp³-hybridized carbons (Fsp3) is 0.889. The third-order valence-electron chi connectivity index (χ3n) is 3.75. The van der Waals surface area contributed by atoms with E-state index in [1.807, 2.05) is 0 Å². The van der Waals surface area contributed by atoms with Crippen LogP contribution in [0.2, 0.25) is 0 Å². The highest BCUT2D eigenvalue weighted by atomic mass is 16.3. The molecule has 0 fully saturated rings. The maximum Gasteiger partial charge on any atom is 0.0543 e. The zero-order valence-electron chi connectivity index (χ0n) is 13.5. The molecule has 0 saturated carbocycles. The van der Waals surface area contributed by atoms with Gasteiger partial charge in [-0.05, 0) is 38.5 Å². The van der Waals surface area contributed by atoms with E-state index in [1.165, 1.54) is 51.4 Å². The van der Waals surface area contributed by atoms with Crippen molar-refractivity contribution in [1.29, 1.82) is 0 Å². The van der Waals surface area contributed by atoms with Crippen LogP contribution in [0, 0.1) is 0 Å². The summed E-state index contributed by atoms with van der Waals surface area (Å²) in [5.41, 5.74) is 0. The van der Waals surface area contributed by atoms with Crippen LogP contribution in [0.15, 0.2) is 12.2 Å². The summed E-state index contributed by atoms with van der Waals surface area (Å²) in [5, 5.41) is 18.4. The smallest absolute Gasteiger partial charge is 0.0543 e. The fourth-order valence-electron chi connectivity index (χ4n) is 2.38. The number of unbranched alkanes of at least 4 members (excludes halogenated alkanes) is 8. The summed E-state index contributed by atoms with van der Waals surface area (Å²) in [4.78, 5) is 0. The Morgan fingerprint density at radius 3 is 2.10 bits per heavy atom. The van der Waals surface area contributed by atoms with E-state index >= 15 is 0 Å². The van der Waals surface area contributed by atoms with Crippen molar-refractivity contribution in [2.45, 2.75) is 96.5 Å². The van der Waals surface area contributed by atoms with Crippen LogP contribution in [0.5, 0.6) is 0 Å². The lowest BCUT2D eigenvalue weighted by Crippen LogP contribution is -2.05. The van der Waals surface area contributed by atoms with Crippen molar-refractivity contribution in [2.24, 2.45) is 0 Å². The van der Waals surface area contributed by atoms with Gasteiger partial charge in [-0.25, -0.2) is 0 Å². The van der Waals surface area contributed by atoms with Gasteiger partial charge in [-0.15, -0.1) is 0 Å². The molecule has 0 heterocycles. The molecular weight excluding hydrogens is 248 g/mol. The Kier molecular flexibility index (Phi) is 16.4. The van der Waals surface area contributed by atoms with Gasteiger partial charge in [0.1, 0.15) is 0 Å². The second-order valence-electron chi connectivity index (χ2n) is 5.83. The molecule has 120 valence electrons. The van der Waals surface area contributed by atoms with Crippen molar-refractivity contribution in [3.8, 4) is 0 Å². The first kappa shape index (κ1) is 19.7. The molecule has 1 unspecified atom stereocenters. The zero-order chi connectivity index (χ0) is 14.9. The summed E-state index contributed by atoms with van der Waals surface area (Å²) in [7, 11) is 0. The van der Waals surface area contributed by atoms with Crippen LogP contribution in [-0.4, -0.2) is 22.9 Å². The molecule has 0 aliphatic carbocycles. The lowest BCUT2D eigenvalue weighted by molar-refractivity contribution is 0.152. The van der Waals surface area contributed by atoms with Gasteiger partial charge in [0.05, 0.1) is 6.10 Å². The SMILES string of the molecule is CCCCCC(O)CC/C=C\CCCCCCCCO. The van der Waals surface area contributed by atoms with Crippen molar-refractivity contribution in [2.75, 3.05) is 6.61 Å². The summed E-state index contributed by atoms with van der Waals surface area (Å²) in [6.45, 7) is 2.54. The Hall–Kier alpha value is -0.340. The molecule has 0 aliphatic heterocycles. The Balaban J connectivity index is 3.19. The van der Waals surface area contributed by atoms with Crippen LogP contribution in [-0.2, 0) is 0 Å². The average Bonchev–Trinajstić information content (AvgIpc) is 2.45. The highest BCUT2D eigenvalue weighted by Gasteiger charge is 2.01. The predicted octanol–water partition coefficient (Wildman–Crippen LogP) is 4.99. The van der Waals surface area contributed by atoms with E-state index in [2.05, 4.69) is 19.1 Å². The minimum Gasteiger partial charge on any atom is -0.396 e. The van der Waals surface area contributed by atoms with E-state index < -0.39 is 0 Å². The van der Waals surface area contributed by atoms with Gasteiger partial charge >= 0.3 is 0 Å². The average molecular weight is 284 g/mol. The summed E-state index contributed by atoms with van der Waals surface area (Å²) in [5.74, 6) is 0. The van der Waals surface area contributed by atoms with E-state index in [4.69, 9.17) is 5.11 Å². The molecule has 0 saturated heterocycles. The van der Waals surface area contributed by atoms with Crippen LogP contribution in [0.1, 0.15) is 90.4 Å². The van der Waals surface area contributed by atoms with Crippen LogP contribution in [0.4, 0.5) is 0 Å². The van der Waals surface area contributed by atoms with E-state index in [9.17, 15) is 5.11 Å². The van der Waals surface area contributed by atoms with Gasteiger partial charge < -0.3 is 10.2 Å². The topological polar surface area (TPSA) is 40.5 Å². The normalized spacial score (nSPS) is 13.2. The molecule has 0 rings (SSSR count). The maximum atomic E-state index is 9.77. The second-order valence-corrected chi connectivity index (χ2v) is 5.83. The van der Waals surface area contributed by atoms with Crippen LogP contribution in [0.25, 0.3) is 0 Å². The number of allylic oxidation sites excluding steroid dienone is 2. The molecule has 1 atom stereocenters. The van der Waals surface area contributed by atoms with Gasteiger partial charge in [0.25, 0.3) is 0 Å². The highest BCUT2D eigenvalue weighted by Crippen LogP contribution is 2.10. The zero-order valence-corrected chi connectivity index (χ0v) is 13.5. The van der Waals surface area contributed by atoms with Gasteiger partial charge in [0.15, 0.2) is 0 Å². The maximum absolute atomic E-state index is 9.77. The fourth-order valence-corrected chi connectivity index (χ4v) is 2.38. The lowest BCUT2D eigenvalue weighted by Gasteiger charge is -2.07. The summed E-state index contributed by atoms with van der Waals surface area (Å²) in [6.07, 6.45) is 19.4. The summed E-state index contributed by atoms with van der Waals surface area (Å²) < 4.78 is 0. The molecule has 0 aromatic carbocycles. The number of hydrogen-bond donors (Lipinski definition) is 2. The monoisotopic (exact) mass is 284 g/mol. The highest BCUT2D eigenvalue weighted by molar-refractivity contribution is 4.82. The van der Waals surface area contributed by atoms with Gasteiger partial charge in [-0.2, -0.15) is 0 Å². The quantitative estimate of drug-likeness (QED) is 0.328. The first-order valence-corrected chi connectivity index (χ1v) is 8.75. The molecule has 0 radical (unpaired) electrons. The number of rotatable bonds is 15. The molecule has 2 N–H and O–H groups in total.